The highest BCUT2D eigenvalue weighted by Gasteiger charge is 2.19. The molecule has 5 nitrogen and oxygen atoms in total. The van der Waals surface area contributed by atoms with E-state index in [1.165, 1.54) is 0 Å². The summed E-state index contributed by atoms with van der Waals surface area (Å²) in [5.74, 6) is 0. The zero-order valence-electron chi connectivity index (χ0n) is 13.9. The average Bonchev–Trinajstić information content (AvgIpc) is 2.56. The second-order valence-corrected chi connectivity index (χ2v) is 7.77. The van der Waals surface area contributed by atoms with Crippen LogP contribution in [0.4, 0.5) is 11.4 Å². The molecule has 6 heteroatoms. The van der Waals surface area contributed by atoms with Crippen LogP contribution in [0.3, 0.4) is 0 Å². The summed E-state index contributed by atoms with van der Waals surface area (Å²) in [6.07, 6.45) is 0. The van der Waals surface area contributed by atoms with E-state index in [4.69, 9.17) is 4.74 Å². The molecule has 3 rings (SSSR count). The van der Waals surface area contributed by atoms with Gasteiger partial charge in [0.25, 0.3) is 10.0 Å². The molecule has 1 N–H and O–H groups in total. The van der Waals surface area contributed by atoms with Crippen LogP contribution in [0.1, 0.15) is 12.5 Å². The first-order valence-corrected chi connectivity index (χ1v) is 9.48. The first-order chi connectivity index (χ1) is 11.5. The number of anilines is 2. The van der Waals surface area contributed by atoms with E-state index in [1.807, 2.05) is 19.1 Å². The Kier molecular flexibility index (Phi) is 4.78. The molecule has 2 aromatic carbocycles. The highest BCUT2D eigenvalue weighted by atomic mass is 32.2. The number of hydrogen-bond acceptors (Lipinski definition) is 4. The van der Waals surface area contributed by atoms with Gasteiger partial charge >= 0.3 is 0 Å². The summed E-state index contributed by atoms with van der Waals surface area (Å²) in [5, 5.41) is 0. The number of nitrogens with zero attached hydrogens (tertiary/aromatic N) is 1. The smallest absolute Gasteiger partial charge is 0.261 e. The van der Waals surface area contributed by atoms with Crippen molar-refractivity contribution in [2.75, 3.05) is 29.4 Å². The standard InChI is InChI=1S/C18H22N2O3S/c1-14-3-9-18(10-4-14)24(21,22)19-16-5-7-17(8-6-16)20-11-12-23-13-15(20)2/h3-10,15,19H,11-13H2,1-2H3. The van der Waals surface area contributed by atoms with Crippen LogP contribution in [0.25, 0.3) is 0 Å². The lowest BCUT2D eigenvalue weighted by Crippen LogP contribution is -2.43. The maximum atomic E-state index is 12.4. The molecule has 1 aliphatic rings. The zero-order valence-corrected chi connectivity index (χ0v) is 14.7. The molecule has 1 atom stereocenters. The molecule has 1 aliphatic heterocycles. The van der Waals surface area contributed by atoms with Gasteiger partial charge in [0.1, 0.15) is 0 Å². The van der Waals surface area contributed by atoms with E-state index in [0.29, 0.717) is 24.9 Å². The van der Waals surface area contributed by atoms with Gasteiger partial charge in [-0.25, -0.2) is 8.42 Å². The van der Waals surface area contributed by atoms with Crippen molar-refractivity contribution in [3.8, 4) is 0 Å². The number of morpholine rings is 1. The second-order valence-electron chi connectivity index (χ2n) is 6.08. The predicted octanol–water partition coefficient (Wildman–Crippen LogP) is 3.02. The first kappa shape index (κ1) is 16.8. The van der Waals surface area contributed by atoms with Crippen LogP contribution in [-0.4, -0.2) is 34.2 Å². The largest absolute Gasteiger partial charge is 0.377 e. The normalized spacial score (nSPS) is 18.4. The Bertz CT molecular complexity index is 786. The van der Waals surface area contributed by atoms with E-state index in [2.05, 4.69) is 16.5 Å². The van der Waals surface area contributed by atoms with E-state index < -0.39 is 10.0 Å². The molecule has 0 radical (unpaired) electrons. The number of ether oxygens (including phenoxy) is 1. The Labute approximate surface area is 143 Å². The van der Waals surface area contributed by atoms with Crippen molar-refractivity contribution in [1.82, 2.24) is 0 Å². The lowest BCUT2D eigenvalue weighted by Gasteiger charge is -2.35. The third-order valence-electron chi connectivity index (χ3n) is 4.15. The SMILES string of the molecule is Cc1ccc(S(=O)(=O)Nc2ccc(N3CCOCC3C)cc2)cc1. The predicted molar refractivity (Wildman–Crippen MR) is 96.1 cm³/mol. The number of nitrogens with one attached hydrogen (secondary N) is 1. The van der Waals surface area contributed by atoms with Gasteiger partial charge in [-0.3, -0.25) is 4.72 Å². The molecule has 0 amide bonds. The molecule has 2 aromatic rings. The van der Waals surface area contributed by atoms with Gasteiger partial charge in [0.05, 0.1) is 18.1 Å². The third kappa shape index (κ3) is 3.71. The minimum Gasteiger partial charge on any atom is -0.377 e. The monoisotopic (exact) mass is 346 g/mol. The molecular formula is C18H22N2O3S. The van der Waals surface area contributed by atoms with Crippen LogP contribution >= 0.6 is 0 Å². The van der Waals surface area contributed by atoms with E-state index >= 15 is 0 Å². The summed E-state index contributed by atoms with van der Waals surface area (Å²) < 4.78 is 32.9. The van der Waals surface area contributed by atoms with E-state index in [-0.39, 0.29) is 4.90 Å². The van der Waals surface area contributed by atoms with Crippen molar-refractivity contribution < 1.29 is 13.2 Å². The summed E-state index contributed by atoms with van der Waals surface area (Å²) in [4.78, 5) is 2.53. The van der Waals surface area contributed by atoms with Gasteiger partial charge in [-0.2, -0.15) is 0 Å². The Morgan fingerprint density at radius 1 is 1.08 bits per heavy atom. The summed E-state index contributed by atoms with van der Waals surface area (Å²) in [6, 6.07) is 14.6. The molecule has 0 aromatic heterocycles. The fraction of sp³-hybridized carbons (Fsp3) is 0.333. The van der Waals surface area contributed by atoms with Crippen LogP contribution in [-0.2, 0) is 14.8 Å². The zero-order chi connectivity index (χ0) is 17.2. The van der Waals surface area contributed by atoms with Gasteiger partial charge in [-0.1, -0.05) is 17.7 Å². The molecule has 1 fully saturated rings. The molecule has 1 unspecified atom stereocenters. The van der Waals surface area contributed by atoms with Gasteiger partial charge in [0.2, 0.25) is 0 Å². The Morgan fingerprint density at radius 3 is 2.38 bits per heavy atom. The Hall–Kier alpha value is -2.05. The fourth-order valence-electron chi connectivity index (χ4n) is 2.76. The van der Waals surface area contributed by atoms with Crippen LogP contribution < -0.4 is 9.62 Å². The van der Waals surface area contributed by atoms with Gasteiger partial charge in [-0.15, -0.1) is 0 Å². The molecule has 1 saturated heterocycles. The lowest BCUT2D eigenvalue weighted by molar-refractivity contribution is 0.0989. The number of sulfonamides is 1. The van der Waals surface area contributed by atoms with Gasteiger partial charge in [0, 0.05) is 24.0 Å². The molecule has 0 saturated carbocycles. The third-order valence-corrected chi connectivity index (χ3v) is 5.55. The maximum absolute atomic E-state index is 12.4. The summed E-state index contributed by atoms with van der Waals surface area (Å²) >= 11 is 0. The minimum atomic E-state index is -3.56. The van der Waals surface area contributed by atoms with Crippen molar-refractivity contribution in [3.05, 3.63) is 54.1 Å². The van der Waals surface area contributed by atoms with Crippen molar-refractivity contribution in [2.45, 2.75) is 24.8 Å². The van der Waals surface area contributed by atoms with Gasteiger partial charge in [0.15, 0.2) is 0 Å². The second kappa shape index (κ2) is 6.83. The van der Waals surface area contributed by atoms with Crippen molar-refractivity contribution in [2.24, 2.45) is 0 Å². The van der Waals surface area contributed by atoms with E-state index in [9.17, 15) is 8.42 Å². The fourth-order valence-corrected chi connectivity index (χ4v) is 3.82. The molecular weight excluding hydrogens is 324 g/mol. The number of hydrogen-bond donors (Lipinski definition) is 1. The van der Waals surface area contributed by atoms with Gasteiger partial charge < -0.3 is 9.64 Å². The summed E-state index contributed by atoms with van der Waals surface area (Å²) in [5.41, 5.74) is 2.65. The topological polar surface area (TPSA) is 58.6 Å². The van der Waals surface area contributed by atoms with Crippen LogP contribution in [0, 0.1) is 6.92 Å². The van der Waals surface area contributed by atoms with Crippen LogP contribution in [0.5, 0.6) is 0 Å². The molecule has 0 bridgehead atoms. The number of benzene rings is 2. The highest BCUT2D eigenvalue weighted by molar-refractivity contribution is 7.92. The Morgan fingerprint density at radius 2 is 1.75 bits per heavy atom. The van der Waals surface area contributed by atoms with Crippen molar-refractivity contribution >= 4 is 21.4 Å². The van der Waals surface area contributed by atoms with Gasteiger partial charge in [-0.05, 0) is 50.2 Å². The van der Waals surface area contributed by atoms with Crippen molar-refractivity contribution in [1.29, 1.82) is 0 Å². The quantitative estimate of drug-likeness (QED) is 0.924. The first-order valence-electron chi connectivity index (χ1n) is 8.00. The van der Waals surface area contributed by atoms with Crippen LogP contribution in [0.15, 0.2) is 53.4 Å². The maximum Gasteiger partial charge on any atom is 0.261 e. The minimum absolute atomic E-state index is 0.263. The summed E-state index contributed by atoms with van der Waals surface area (Å²) in [7, 11) is -3.56. The van der Waals surface area contributed by atoms with Crippen molar-refractivity contribution in [3.63, 3.8) is 0 Å². The molecule has 0 aliphatic carbocycles. The molecule has 128 valence electrons. The molecule has 1 heterocycles. The number of aryl methyl sites for hydroxylation is 1. The Balaban J connectivity index is 1.75. The lowest BCUT2D eigenvalue weighted by atomic mass is 10.2. The summed E-state index contributed by atoms with van der Waals surface area (Å²) in [6.45, 7) is 6.31. The number of rotatable bonds is 4. The van der Waals surface area contributed by atoms with Crippen LogP contribution in [0.2, 0.25) is 0 Å². The highest BCUT2D eigenvalue weighted by Crippen LogP contribution is 2.23. The molecule has 0 spiro atoms. The van der Waals surface area contributed by atoms with E-state index in [1.54, 1.807) is 36.4 Å². The molecule has 24 heavy (non-hydrogen) atoms. The average molecular weight is 346 g/mol. The van der Waals surface area contributed by atoms with E-state index in [0.717, 1.165) is 17.8 Å².